The summed E-state index contributed by atoms with van der Waals surface area (Å²) in [7, 11) is 0. The van der Waals surface area contributed by atoms with Gasteiger partial charge in [0.25, 0.3) is 6.43 Å². The predicted octanol–water partition coefficient (Wildman–Crippen LogP) is 2.36. The first-order chi connectivity index (χ1) is 8.06. The minimum atomic E-state index is -2.98. The summed E-state index contributed by atoms with van der Waals surface area (Å²) < 4.78 is 25.7. The zero-order valence-corrected chi connectivity index (χ0v) is 8.94. The van der Waals surface area contributed by atoms with Crippen molar-refractivity contribution in [1.82, 2.24) is 0 Å². The van der Waals surface area contributed by atoms with Crippen LogP contribution in [0.4, 0.5) is 8.78 Å². The number of hydrogen-bond acceptors (Lipinski definition) is 2. The quantitative estimate of drug-likeness (QED) is 0.880. The van der Waals surface area contributed by atoms with E-state index in [0.717, 1.165) is 0 Å². The Morgan fingerprint density at radius 3 is 2.47 bits per heavy atom. The molecule has 0 aromatic heterocycles. The van der Waals surface area contributed by atoms with Gasteiger partial charge in [-0.25, -0.2) is 13.6 Å². The smallest absolute Gasteiger partial charge is 0.337 e. The maximum absolute atomic E-state index is 12.8. The fourth-order valence-corrected chi connectivity index (χ4v) is 1.91. The Bertz CT molecular complexity index is 459. The van der Waals surface area contributed by atoms with E-state index < -0.39 is 17.9 Å². The van der Waals surface area contributed by atoms with Crippen LogP contribution in [0.25, 0.3) is 0 Å². The zero-order chi connectivity index (χ0) is 12.5. The SMILES string of the molecule is O=C(O)[C@@]1(C(F)F)CCC(c2ccccc2)=N1. The summed E-state index contributed by atoms with van der Waals surface area (Å²) in [5.74, 6) is -1.56. The van der Waals surface area contributed by atoms with Gasteiger partial charge >= 0.3 is 5.97 Å². The van der Waals surface area contributed by atoms with Crippen LogP contribution in [0.5, 0.6) is 0 Å². The molecular weight excluding hydrogens is 228 g/mol. The molecule has 0 unspecified atom stereocenters. The van der Waals surface area contributed by atoms with Crippen molar-refractivity contribution in [3.63, 3.8) is 0 Å². The largest absolute Gasteiger partial charge is 0.479 e. The van der Waals surface area contributed by atoms with Crippen LogP contribution in [0, 0.1) is 0 Å². The topological polar surface area (TPSA) is 49.7 Å². The lowest BCUT2D eigenvalue weighted by Crippen LogP contribution is -2.41. The van der Waals surface area contributed by atoms with Crippen molar-refractivity contribution < 1.29 is 18.7 Å². The highest BCUT2D eigenvalue weighted by Gasteiger charge is 2.50. The molecular formula is C12H11F2NO2. The van der Waals surface area contributed by atoms with Crippen molar-refractivity contribution in [2.75, 3.05) is 0 Å². The molecule has 1 heterocycles. The van der Waals surface area contributed by atoms with Crippen LogP contribution in [-0.2, 0) is 4.79 Å². The Morgan fingerprint density at radius 2 is 2.00 bits per heavy atom. The van der Waals surface area contributed by atoms with Crippen molar-refractivity contribution in [3.05, 3.63) is 35.9 Å². The Morgan fingerprint density at radius 1 is 1.35 bits per heavy atom. The molecule has 0 radical (unpaired) electrons. The number of alkyl halides is 2. The first-order valence-corrected chi connectivity index (χ1v) is 5.22. The number of aliphatic imine (C=N–C) groups is 1. The Balaban J connectivity index is 2.38. The van der Waals surface area contributed by atoms with Crippen molar-refractivity contribution in [3.8, 4) is 0 Å². The lowest BCUT2D eigenvalue weighted by Gasteiger charge is -2.18. The van der Waals surface area contributed by atoms with E-state index in [-0.39, 0.29) is 12.8 Å². The van der Waals surface area contributed by atoms with Gasteiger partial charge in [0.1, 0.15) is 0 Å². The van der Waals surface area contributed by atoms with E-state index in [4.69, 9.17) is 5.11 Å². The fourth-order valence-electron chi connectivity index (χ4n) is 1.91. The molecule has 0 saturated carbocycles. The number of carboxylic acid groups (broad SMARTS) is 1. The third-order valence-electron chi connectivity index (χ3n) is 2.92. The average molecular weight is 239 g/mol. The number of nitrogens with zero attached hydrogens (tertiary/aromatic N) is 1. The molecule has 1 aromatic rings. The molecule has 1 aliphatic heterocycles. The van der Waals surface area contributed by atoms with Gasteiger partial charge in [0, 0.05) is 5.71 Å². The molecule has 5 heteroatoms. The number of carbonyl (C=O) groups is 1. The predicted molar refractivity (Wildman–Crippen MR) is 58.6 cm³/mol. The van der Waals surface area contributed by atoms with E-state index in [2.05, 4.69) is 4.99 Å². The average Bonchev–Trinajstić information content (AvgIpc) is 2.76. The molecule has 1 atom stereocenters. The molecule has 1 aromatic carbocycles. The molecule has 0 amide bonds. The molecule has 3 nitrogen and oxygen atoms in total. The van der Waals surface area contributed by atoms with Crippen LogP contribution in [0.2, 0.25) is 0 Å². The van der Waals surface area contributed by atoms with Crippen LogP contribution in [0.3, 0.4) is 0 Å². The molecule has 1 N–H and O–H groups in total. The van der Waals surface area contributed by atoms with Crippen LogP contribution in [0.15, 0.2) is 35.3 Å². The van der Waals surface area contributed by atoms with E-state index >= 15 is 0 Å². The molecule has 2 rings (SSSR count). The normalized spacial score (nSPS) is 23.8. The van der Waals surface area contributed by atoms with Crippen molar-refractivity contribution in [1.29, 1.82) is 0 Å². The molecule has 90 valence electrons. The number of aliphatic carboxylic acids is 1. The lowest BCUT2D eigenvalue weighted by atomic mass is 9.97. The van der Waals surface area contributed by atoms with E-state index in [9.17, 15) is 13.6 Å². The number of carboxylic acids is 1. The van der Waals surface area contributed by atoms with Gasteiger partial charge in [0.05, 0.1) is 0 Å². The van der Waals surface area contributed by atoms with Crippen LogP contribution < -0.4 is 0 Å². The molecule has 0 bridgehead atoms. The summed E-state index contributed by atoms with van der Waals surface area (Å²) in [6.07, 6.45) is -2.87. The highest BCUT2D eigenvalue weighted by atomic mass is 19.3. The third-order valence-corrected chi connectivity index (χ3v) is 2.92. The molecule has 1 aliphatic rings. The Labute approximate surface area is 96.8 Å². The Hall–Kier alpha value is -1.78. The zero-order valence-electron chi connectivity index (χ0n) is 8.94. The maximum atomic E-state index is 12.8. The second-order valence-corrected chi connectivity index (χ2v) is 3.95. The van der Waals surface area contributed by atoms with Gasteiger partial charge in [-0.1, -0.05) is 30.3 Å². The summed E-state index contributed by atoms with van der Waals surface area (Å²) in [6, 6.07) is 8.81. The number of hydrogen-bond donors (Lipinski definition) is 1. The fraction of sp³-hybridized carbons (Fsp3) is 0.333. The first-order valence-electron chi connectivity index (χ1n) is 5.22. The van der Waals surface area contributed by atoms with Gasteiger partial charge in [0.2, 0.25) is 5.54 Å². The minimum absolute atomic E-state index is 0.149. The van der Waals surface area contributed by atoms with Gasteiger partial charge in [-0.15, -0.1) is 0 Å². The first kappa shape index (κ1) is 11.7. The van der Waals surface area contributed by atoms with Gasteiger partial charge in [-0.3, -0.25) is 4.99 Å². The van der Waals surface area contributed by atoms with Crippen LogP contribution >= 0.6 is 0 Å². The standard InChI is InChI=1S/C12H11F2NO2/c13-10(14)12(11(16)17)7-6-9(15-12)8-4-2-1-3-5-8/h1-5,10H,6-7H2,(H,16,17)/t12-/m0/s1. The lowest BCUT2D eigenvalue weighted by molar-refractivity contribution is -0.149. The second-order valence-electron chi connectivity index (χ2n) is 3.95. The molecule has 0 fully saturated rings. The summed E-state index contributed by atoms with van der Waals surface area (Å²) in [4.78, 5) is 14.7. The van der Waals surface area contributed by atoms with Crippen molar-refractivity contribution >= 4 is 11.7 Å². The summed E-state index contributed by atoms with van der Waals surface area (Å²) in [5, 5.41) is 8.91. The van der Waals surface area contributed by atoms with Crippen molar-refractivity contribution in [2.24, 2.45) is 4.99 Å². The third kappa shape index (κ3) is 1.92. The van der Waals surface area contributed by atoms with Crippen LogP contribution in [-0.4, -0.2) is 28.8 Å². The summed E-state index contributed by atoms with van der Waals surface area (Å²) in [5.41, 5.74) is -1.12. The maximum Gasteiger partial charge on any atom is 0.337 e. The van der Waals surface area contributed by atoms with E-state index in [1.54, 1.807) is 30.3 Å². The number of halogens is 2. The van der Waals surface area contributed by atoms with Gasteiger partial charge < -0.3 is 5.11 Å². The van der Waals surface area contributed by atoms with Gasteiger partial charge in [-0.05, 0) is 18.4 Å². The van der Waals surface area contributed by atoms with E-state index in [1.165, 1.54) is 0 Å². The second kappa shape index (κ2) is 4.24. The molecule has 17 heavy (non-hydrogen) atoms. The highest BCUT2D eigenvalue weighted by Crippen LogP contribution is 2.34. The summed E-state index contributed by atoms with van der Waals surface area (Å²) >= 11 is 0. The number of rotatable bonds is 3. The van der Waals surface area contributed by atoms with Gasteiger partial charge in [-0.2, -0.15) is 0 Å². The minimum Gasteiger partial charge on any atom is -0.479 e. The Kier molecular flexibility index (Phi) is 2.92. The highest BCUT2D eigenvalue weighted by molar-refractivity contribution is 6.04. The molecule has 0 spiro atoms. The van der Waals surface area contributed by atoms with Crippen LogP contribution in [0.1, 0.15) is 18.4 Å². The molecule has 0 aliphatic carbocycles. The van der Waals surface area contributed by atoms with E-state index in [0.29, 0.717) is 11.3 Å². The van der Waals surface area contributed by atoms with E-state index in [1.807, 2.05) is 0 Å². The van der Waals surface area contributed by atoms with Crippen molar-refractivity contribution in [2.45, 2.75) is 24.8 Å². The summed E-state index contributed by atoms with van der Waals surface area (Å²) in [6.45, 7) is 0. The van der Waals surface area contributed by atoms with Gasteiger partial charge in [0.15, 0.2) is 0 Å². The molecule has 0 saturated heterocycles. The number of benzene rings is 1. The monoisotopic (exact) mass is 239 g/mol.